The van der Waals surface area contributed by atoms with Gasteiger partial charge in [-0.2, -0.15) is 0 Å². The minimum absolute atomic E-state index is 0.397. The lowest BCUT2D eigenvalue weighted by Gasteiger charge is -2.39. The van der Waals surface area contributed by atoms with E-state index >= 15 is 0 Å². The van der Waals surface area contributed by atoms with E-state index in [4.69, 9.17) is 4.74 Å². The lowest BCUT2D eigenvalue weighted by molar-refractivity contribution is -0.0211. The Bertz CT molecular complexity index is 459. The van der Waals surface area contributed by atoms with E-state index in [9.17, 15) is 0 Å². The topological polar surface area (TPSA) is 19.0 Å². The van der Waals surface area contributed by atoms with E-state index in [-0.39, 0.29) is 0 Å². The molecule has 2 aliphatic heterocycles. The van der Waals surface area contributed by atoms with Crippen molar-refractivity contribution in [3.8, 4) is 0 Å². The summed E-state index contributed by atoms with van der Waals surface area (Å²) in [6.45, 7) is 10.1. The van der Waals surface area contributed by atoms with Crippen LogP contribution in [0, 0.1) is 0 Å². The molecule has 3 rings (SSSR count). The normalized spacial score (nSPS) is 24.7. The molecule has 2 heterocycles. The predicted molar refractivity (Wildman–Crippen MR) is 96.2 cm³/mol. The largest absolute Gasteiger partial charge is 0.376 e. The summed E-state index contributed by atoms with van der Waals surface area (Å²) in [4.78, 5) is 7.65. The van der Waals surface area contributed by atoms with Gasteiger partial charge < -0.3 is 14.5 Å². The fourth-order valence-electron chi connectivity index (χ4n) is 3.78. The molecule has 0 radical (unpaired) electrons. The quantitative estimate of drug-likeness (QED) is 0.829. The number of nitrogens with zero attached hydrogens (tertiary/aromatic N) is 3. The molecule has 4 nitrogen and oxygen atoms in total. The van der Waals surface area contributed by atoms with Gasteiger partial charge in [0.15, 0.2) is 0 Å². The summed E-state index contributed by atoms with van der Waals surface area (Å²) < 4.78 is 5.62. The molecular weight excluding hydrogens is 286 g/mol. The highest BCUT2D eigenvalue weighted by atomic mass is 16.5. The van der Waals surface area contributed by atoms with Crippen LogP contribution in [-0.4, -0.2) is 74.9 Å². The van der Waals surface area contributed by atoms with Gasteiger partial charge in [0.1, 0.15) is 0 Å². The van der Waals surface area contributed by atoms with Crippen molar-refractivity contribution in [1.29, 1.82) is 0 Å². The van der Waals surface area contributed by atoms with Crippen molar-refractivity contribution in [3.05, 3.63) is 30.3 Å². The Morgan fingerprint density at radius 1 is 1.04 bits per heavy atom. The molecule has 1 aromatic carbocycles. The minimum Gasteiger partial charge on any atom is -0.376 e. The highest BCUT2D eigenvalue weighted by molar-refractivity contribution is 5.46. The highest BCUT2D eigenvalue weighted by Gasteiger charge is 2.23. The van der Waals surface area contributed by atoms with E-state index in [1.807, 2.05) is 0 Å². The molecule has 2 fully saturated rings. The standard InChI is InChI=1S/C19H31N3O/c1-17-16-22(14-15-23-17)13-12-21-10-8-19(9-11-21)20(2)18-6-4-3-5-7-18/h3-7,17,19H,8-16H2,1-2H3. The van der Waals surface area contributed by atoms with Gasteiger partial charge in [0, 0.05) is 58.0 Å². The van der Waals surface area contributed by atoms with Crippen LogP contribution in [0.25, 0.3) is 0 Å². The Kier molecular flexibility index (Phi) is 5.92. The van der Waals surface area contributed by atoms with Gasteiger partial charge in [-0.1, -0.05) is 18.2 Å². The Balaban J connectivity index is 1.40. The van der Waals surface area contributed by atoms with Crippen molar-refractivity contribution >= 4 is 5.69 Å². The van der Waals surface area contributed by atoms with Gasteiger partial charge >= 0.3 is 0 Å². The molecule has 1 unspecified atom stereocenters. The summed E-state index contributed by atoms with van der Waals surface area (Å²) in [7, 11) is 2.24. The van der Waals surface area contributed by atoms with Crippen molar-refractivity contribution in [2.75, 3.05) is 57.8 Å². The molecule has 1 aromatic rings. The average Bonchev–Trinajstić information content (AvgIpc) is 2.61. The molecular formula is C19H31N3O. The number of ether oxygens (including phenoxy) is 1. The molecule has 0 aromatic heterocycles. The van der Waals surface area contributed by atoms with Crippen LogP contribution in [0.5, 0.6) is 0 Å². The first kappa shape index (κ1) is 16.7. The number of para-hydroxylation sites is 1. The van der Waals surface area contributed by atoms with E-state index in [2.05, 4.69) is 59.0 Å². The van der Waals surface area contributed by atoms with Crippen LogP contribution in [0.3, 0.4) is 0 Å². The van der Waals surface area contributed by atoms with Crippen LogP contribution < -0.4 is 4.90 Å². The van der Waals surface area contributed by atoms with E-state index in [0.717, 1.165) is 19.7 Å². The zero-order valence-electron chi connectivity index (χ0n) is 14.7. The van der Waals surface area contributed by atoms with Crippen LogP contribution in [0.2, 0.25) is 0 Å². The van der Waals surface area contributed by atoms with Crippen LogP contribution in [-0.2, 0) is 4.74 Å². The summed E-state index contributed by atoms with van der Waals surface area (Å²) in [6, 6.07) is 11.5. The molecule has 0 aliphatic carbocycles. The van der Waals surface area contributed by atoms with Crippen LogP contribution in [0.1, 0.15) is 19.8 Å². The first-order valence-corrected chi connectivity index (χ1v) is 9.06. The Hall–Kier alpha value is -1.10. The minimum atomic E-state index is 0.397. The van der Waals surface area contributed by atoms with Crippen molar-refractivity contribution < 1.29 is 4.74 Å². The van der Waals surface area contributed by atoms with E-state index in [1.165, 1.54) is 44.7 Å². The highest BCUT2D eigenvalue weighted by Crippen LogP contribution is 2.21. The smallest absolute Gasteiger partial charge is 0.0674 e. The number of likely N-dealkylation sites (tertiary alicyclic amines) is 1. The van der Waals surface area contributed by atoms with Gasteiger partial charge in [-0.3, -0.25) is 4.90 Å². The number of benzene rings is 1. The van der Waals surface area contributed by atoms with Crippen LogP contribution in [0.15, 0.2) is 30.3 Å². The summed E-state index contributed by atoms with van der Waals surface area (Å²) >= 11 is 0. The van der Waals surface area contributed by atoms with Crippen molar-refractivity contribution in [3.63, 3.8) is 0 Å². The lowest BCUT2D eigenvalue weighted by Crippen LogP contribution is -2.48. The maximum atomic E-state index is 5.62. The fraction of sp³-hybridized carbons (Fsp3) is 0.684. The average molecular weight is 317 g/mol. The molecule has 0 spiro atoms. The van der Waals surface area contributed by atoms with E-state index < -0.39 is 0 Å². The molecule has 0 amide bonds. The number of hydrogen-bond acceptors (Lipinski definition) is 4. The third-order valence-corrected chi connectivity index (χ3v) is 5.33. The summed E-state index contributed by atoms with van der Waals surface area (Å²) in [5.74, 6) is 0. The molecule has 1 atom stereocenters. The summed E-state index contributed by atoms with van der Waals surface area (Å²) in [5.41, 5.74) is 1.34. The molecule has 0 saturated carbocycles. The van der Waals surface area contributed by atoms with E-state index in [1.54, 1.807) is 0 Å². The van der Waals surface area contributed by atoms with E-state index in [0.29, 0.717) is 12.1 Å². The molecule has 128 valence electrons. The second-order valence-electron chi connectivity index (χ2n) is 7.00. The molecule has 2 saturated heterocycles. The van der Waals surface area contributed by atoms with Crippen LogP contribution >= 0.6 is 0 Å². The van der Waals surface area contributed by atoms with Gasteiger partial charge in [0.05, 0.1) is 12.7 Å². The number of morpholine rings is 1. The monoisotopic (exact) mass is 317 g/mol. The van der Waals surface area contributed by atoms with Crippen molar-refractivity contribution in [2.45, 2.75) is 31.9 Å². The molecule has 0 bridgehead atoms. The third-order valence-electron chi connectivity index (χ3n) is 5.33. The maximum Gasteiger partial charge on any atom is 0.0674 e. The maximum absolute atomic E-state index is 5.62. The zero-order chi connectivity index (χ0) is 16.1. The number of rotatable bonds is 5. The van der Waals surface area contributed by atoms with Crippen molar-refractivity contribution in [1.82, 2.24) is 9.80 Å². The number of hydrogen-bond donors (Lipinski definition) is 0. The fourth-order valence-corrected chi connectivity index (χ4v) is 3.78. The Labute approximate surface area is 141 Å². The summed E-state index contributed by atoms with van der Waals surface area (Å²) in [6.07, 6.45) is 2.93. The third kappa shape index (κ3) is 4.69. The Morgan fingerprint density at radius 2 is 1.74 bits per heavy atom. The first-order valence-electron chi connectivity index (χ1n) is 9.06. The molecule has 23 heavy (non-hydrogen) atoms. The van der Waals surface area contributed by atoms with Crippen LogP contribution in [0.4, 0.5) is 5.69 Å². The van der Waals surface area contributed by atoms with Gasteiger partial charge in [-0.05, 0) is 31.9 Å². The Morgan fingerprint density at radius 3 is 2.43 bits per heavy atom. The zero-order valence-corrected chi connectivity index (χ0v) is 14.7. The van der Waals surface area contributed by atoms with Gasteiger partial charge in [0.25, 0.3) is 0 Å². The SMILES string of the molecule is CC1CN(CCN2CCC(N(C)c3ccccc3)CC2)CCO1. The first-order chi connectivity index (χ1) is 11.2. The predicted octanol–water partition coefficient (Wildman–Crippen LogP) is 2.31. The van der Waals surface area contributed by atoms with Gasteiger partial charge in [-0.15, -0.1) is 0 Å². The van der Waals surface area contributed by atoms with Gasteiger partial charge in [0.2, 0.25) is 0 Å². The number of piperidine rings is 1. The van der Waals surface area contributed by atoms with Gasteiger partial charge in [-0.25, -0.2) is 0 Å². The second-order valence-corrected chi connectivity index (χ2v) is 7.00. The molecule has 2 aliphatic rings. The summed E-state index contributed by atoms with van der Waals surface area (Å²) in [5, 5.41) is 0. The lowest BCUT2D eigenvalue weighted by atomic mass is 10.0. The van der Waals surface area contributed by atoms with Crippen molar-refractivity contribution in [2.24, 2.45) is 0 Å². The second kappa shape index (κ2) is 8.13. The number of anilines is 1. The molecule has 0 N–H and O–H groups in total. The molecule has 4 heteroatoms.